The van der Waals surface area contributed by atoms with Gasteiger partial charge in [0.25, 0.3) is 5.91 Å². The third-order valence-electron chi connectivity index (χ3n) is 5.16. The van der Waals surface area contributed by atoms with E-state index in [4.69, 9.17) is 16.3 Å². The van der Waals surface area contributed by atoms with Crippen molar-refractivity contribution >= 4 is 23.3 Å². The van der Waals surface area contributed by atoms with Crippen molar-refractivity contribution in [1.82, 2.24) is 15.1 Å². The summed E-state index contributed by atoms with van der Waals surface area (Å²) in [4.78, 5) is 16.5. The average molecular weight is 441 g/mol. The first-order chi connectivity index (χ1) is 15.0. The van der Waals surface area contributed by atoms with E-state index in [1.54, 1.807) is 4.90 Å². The summed E-state index contributed by atoms with van der Waals surface area (Å²) in [7, 11) is 0. The quantitative estimate of drug-likeness (QED) is 0.592. The Hall–Kier alpha value is -3.19. The van der Waals surface area contributed by atoms with E-state index < -0.39 is 5.82 Å². The summed E-state index contributed by atoms with van der Waals surface area (Å²) in [5.41, 5.74) is 2.07. The molecule has 0 radical (unpaired) electrons. The molecule has 0 saturated carbocycles. The number of ether oxygens (including phenoxy) is 1. The zero-order valence-corrected chi connectivity index (χ0v) is 17.8. The van der Waals surface area contributed by atoms with E-state index in [1.807, 2.05) is 43.3 Å². The van der Waals surface area contributed by atoms with Crippen LogP contribution in [0.4, 0.5) is 10.2 Å². The molecule has 2 heterocycles. The number of anilines is 1. The Morgan fingerprint density at radius 2 is 1.77 bits per heavy atom. The smallest absolute Gasteiger partial charge is 0.255 e. The van der Waals surface area contributed by atoms with Gasteiger partial charge in [0.15, 0.2) is 5.82 Å². The summed E-state index contributed by atoms with van der Waals surface area (Å²) in [6.45, 7) is 4.88. The van der Waals surface area contributed by atoms with Gasteiger partial charge >= 0.3 is 0 Å². The summed E-state index contributed by atoms with van der Waals surface area (Å²) in [6.07, 6.45) is 0. The van der Waals surface area contributed by atoms with Crippen LogP contribution in [0.1, 0.15) is 17.3 Å². The summed E-state index contributed by atoms with van der Waals surface area (Å²) in [6, 6.07) is 15.5. The Labute approximate surface area is 185 Å². The highest BCUT2D eigenvalue weighted by Gasteiger charge is 2.24. The lowest BCUT2D eigenvalue weighted by molar-refractivity contribution is 0.0746. The van der Waals surface area contributed by atoms with Crippen molar-refractivity contribution in [1.29, 1.82) is 0 Å². The second-order valence-electron chi connectivity index (χ2n) is 7.14. The first-order valence-electron chi connectivity index (χ1n) is 10.1. The lowest BCUT2D eigenvalue weighted by Crippen LogP contribution is -2.49. The molecule has 1 aliphatic rings. The number of amides is 1. The van der Waals surface area contributed by atoms with E-state index in [-0.39, 0.29) is 10.9 Å². The van der Waals surface area contributed by atoms with Gasteiger partial charge in [-0.05, 0) is 61.5 Å². The Bertz CT molecular complexity index is 1050. The number of aromatic nitrogens is 2. The molecule has 0 aliphatic carbocycles. The molecule has 1 amide bonds. The number of rotatable bonds is 5. The van der Waals surface area contributed by atoms with Gasteiger partial charge in [-0.3, -0.25) is 4.79 Å². The zero-order valence-electron chi connectivity index (χ0n) is 17.1. The molecule has 1 aromatic heterocycles. The Balaban J connectivity index is 1.38. The van der Waals surface area contributed by atoms with Crippen LogP contribution in [0.3, 0.4) is 0 Å². The minimum Gasteiger partial charge on any atom is -0.494 e. The van der Waals surface area contributed by atoms with E-state index in [0.717, 1.165) is 28.9 Å². The monoisotopic (exact) mass is 440 g/mol. The van der Waals surface area contributed by atoms with Gasteiger partial charge in [0.1, 0.15) is 11.6 Å². The lowest BCUT2D eigenvalue weighted by Gasteiger charge is -2.35. The van der Waals surface area contributed by atoms with Crippen LogP contribution >= 0.6 is 11.6 Å². The fourth-order valence-electron chi connectivity index (χ4n) is 3.51. The van der Waals surface area contributed by atoms with Gasteiger partial charge in [-0.1, -0.05) is 11.6 Å². The Kier molecular flexibility index (Phi) is 6.32. The predicted molar refractivity (Wildman–Crippen MR) is 118 cm³/mol. The number of benzene rings is 2. The number of halogens is 2. The van der Waals surface area contributed by atoms with Crippen molar-refractivity contribution < 1.29 is 13.9 Å². The van der Waals surface area contributed by atoms with Gasteiger partial charge in [-0.2, -0.15) is 0 Å². The van der Waals surface area contributed by atoms with E-state index in [2.05, 4.69) is 15.1 Å². The third-order valence-corrected chi connectivity index (χ3v) is 5.48. The second-order valence-corrected chi connectivity index (χ2v) is 7.54. The average Bonchev–Trinajstić information content (AvgIpc) is 2.80. The van der Waals surface area contributed by atoms with Crippen LogP contribution in [0.15, 0.2) is 54.6 Å². The van der Waals surface area contributed by atoms with E-state index in [0.29, 0.717) is 38.3 Å². The van der Waals surface area contributed by atoms with Crippen molar-refractivity contribution in [2.24, 2.45) is 0 Å². The van der Waals surface area contributed by atoms with Gasteiger partial charge in [0, 0.05) is 31.7 Å². The number of piperazine rings is 1. The van der Waals surface area contributed by atoms with Crippen molar-refractivity contribution in [3.8, 4) is 17.0 Å². The largest absolute Gasteiger partial charge is 0.494 e. The first-order valence-corrected chi connectivity index (χ1v) is 10.5. The maximum atomic E-state index is 13.2. The van der Waals surface area contributed by atoms with Crippen molar-refractivity contribution in [3.05, 3.63) is 71.0 Å². The molecule has 4 rings (SSSR count). The molecule has 0 N–H and O–H groups in total. The van der Waals surface area contributed by atoms with Crippen LogP contribution < -0.4 is 9.64 Å². The number of hydrogen-bond acceptors (Lipinski definition) is 5. The van der Waals surface area contributed by atoms with Crippen LogP contribution in [0.25, 0.3) is 11.3 Å². The fourth-order valence-corrected chi connectivity index (χ4v) is 3.76. The number of carbonyl (C=O) groups excluding carboxylic acids is 1. The first kappa shape index (κ1) is 21.1. The maximum absolute atomic E-state index is 13.2. The number of hydrogen-bond donors (Lipinski definition) is 0. The molecule has 31 heavy (non-hydrogen) atoms. The molecule has 0 unspecified atom stereocenters. The highest BCUT2D eigenvalue weighted by molar-refractivity contribution is 6.33. The Morgan fingerprint density at radius 1 is 1.03 bits per heavy atom. The third kappa shape index (κ3) is 4.77. The van der Waals surface area contributed by atoms with E-state index in [9.17, 15) is 9.18 Å². The molecule has 0 bridgehead atoms. The second kappa shape index (κ2) is 9.31. The van der Waals surface area contributed by atoms with Crippen LogP contribution in [-0.2, 0) is 0 Å². The minimum atomic E-state index is -0.460. The Morgan fingerprint density at radius 3 is 2.39 bits per heavy atom. The molecule has 0 atom stereocenters. The van der Waals surface area contributed by atoms with Gasteiger partial charge in [-0.25, -0.2) is 4.39 Å². The summed E-state index contributed by atoms with van der Waals surface area (Å²) in [5.74, 6) is 0.937. The number of carbonyl (C=O) groups is 1. The lowest BCUT2D eigenvalue weighted by atomic mass is 10.1. The van der Waals surface area contributed by atoms with Crippen molar-refractivity contribution in [3.63, 3.8) is 0 Å². The summed E-state index contributed by atoms with van der Waals surface area (Å²) in [5, 5.41) is 8.85. The van der Waals surface area contributed by atoms with Gasteiger partial charge < -0.3 is 14.5 Å². The molecule has 160 valence electrons. The molecule has 6 nitrogen and oxygen atoms in total. The summed E-state index contributed by atoms with van der Waals surface area (Å²) >= 11 is 6.03. The fraction of sp³-hybridized carbons (Fsp3) is 0.261. The SMILES string of the molecule is CCOc1ccc(-c2ccc(N3CCN(C(=O)c4ccc(F)cc4Cl)CC3)nn2)cc1. The van der Waals surface area contributed by atoms with Crippen molar-refractivity contribution in [2.75, 3.05) is 37.7 Å². The number of nitrogens with zero attached hydrogens (tertiary/aromatic N) is 4. The zero-order chi connectivity index (χ0) is 21.8. The normalized spacial score (nSPS) is 13.9. The maximum Gasteiger partial charge on any atom is 0.255 e. The molecule has 1 aliphatic heterocycles. The molecule has 8 heteroatoms. The standard InChI is InChI=1S/C23H22ClFN4O2/c1-2-31-18-6-3-16(4-7-18)21-9-10-22(27-26-21)28-11-13-29(14-12-28)23(30)19-8-5-17(25)15-20(19)24/h3-10,15H,2,11-14H2,1H3. The van der Waals surface area contributed by atoms with Crippen LogP contribution in [0.2, 0.25) is 5.02 Å². The molecule has 3 aromatic rings. The minimum absolute atomic E-state index is 0.128. The highest BCUT2D eigenvalue weighted by atomic mass is 35.5. The summed E-state index contributed by atoms with van der Waals surface area (Å²) < 4.78 is 18.7. The molecular formula is C23H22ClFN4O2. The van der Waals surface area contributed by atoms with Crippen molar-refractivity contribution in [2.45, 2.75) is 6.92 Å². The topological polar surface area (TPSA) is 58.6 Å². The molecule has 1 saturated heterocycles. The predicted octanol–water partition coefficient (Wildman–Crippen LogP) is 4.30. The van der Waals surface area contributed by atoms with Gasteiger partial charge in [-0.15, -0.1) is 10.2 Å². The highest BCUT2D eigenvalue weighted by Crippen LogP contribution is 2.23. The molecule has 2 aromatic carbocycles. The van der Waals surface area contributed by atoms with Gasteiger partial charge in [0.05, 0.1) is 22.9 Å². The molecular weight excluding hydrogens is 419 g/mol. The molecule has 1 fully saturated rings. The van der Waals surface area contributed by atoms with E-state index >= 15 is 0 Å². The van der Waals surface area contributed by atoms with E-state index in [1.165, 1.54) is 12.1 Å². The van der Waals surface area contributed by atoms with Crippen LogP contribution in [0, 0.1) is 5.82 Å². The van der Waals surface area contributed by atoms with Crippen LogP contribution in [0.5, 0.6) is 5.75 Å². The van der Waals surface area contributed by atoms with Gasteiger partial charge in [0.2, 0.25) is 0 Å². The molecule has 0 spiro atoms. The van der Waals surface area contributed by atoms with Crippen LogP contribution in [-0.4, -0.2) is 53.8 Å².